The Morgan fingerprint density at radius 3 is 2.27 bits per heavy atom. The van der Waals surface area contributed by atoms with Crippen molar-refractivity contribution in [3.05, 3.63) is 0 Å². The van der Waals surface area contributed by atoms with Crippen molar-refractivity contribution < 1.29 is 0 Å². The largest absolute Gasteiger partial charge is 0.387 e. The van der Waals surface area contributed by atoms with Crippen LogP contribution >= 0.6 is 0 Å². The molecule has 0 atom stereocenters. The zero-order valence-corrected chi connectivity index (χ0v) is 8.15. The number of hydrogen-bond donors (Lipinski definition) is 1. The minimum Gasteiger partial charge on any atom is -0.387 e. The van der Waals surface area contributed by atoms with Gasteiger partial charge in [0.1, 0.15) is 0 Å². The minimum absolute atomic E-state index is 0.0366. The lowest BCUT2D eigenvalue weighted by atomic mass is 10.00. The molecule has 0 bridgehead atoms. The van der Waals surface area contributed by atoms with E-state index in [9.17, 15) is 0 Å². The van der Waals surface area contributed by atoms with E-state index in [4.69, 9.17) is 5.73 Å². The van der Waals surface area contributed by atoms with E-state index in [0.717, 1.165) is 25.1 Å². The van der Waals surface area contributed by atoms with Crippen LogP contribution in [0.4, 0.5) is 0 Å². The van der Waals surface area contributed by atoms with Gasteiger partial charge in [0.05, 0.1) is 11.4 Å². The van der Waals surface area contributed by atoms with Crippen molar-refractivity contribution in [1.29, 1.82) is 0 Å². The van der Waals surface area contributed by atoms with E-state index in [-0.39, 0.29) is 5.54 Å². The van der Waals surface area contributed by atoms with Gasteiger partial charge in [-0.25, -0.2) is 0 Å². The fourth-order valence-electron chi connectivity index (χ4n) is 1.14. The van der Waals surface area contributed by atoms with Gasteiger partial charge in [-0.05, 0) is 20.3 Å². The molecule has 0 heterocycles. The molecule has 0 aliphatic rings. The first-order valence-corrected chi connectivity index (χ1v) is 4.36. The van der Waals surface area contributed by atoms with Crippen LogP contribution in [-0.2, 0) is 0 Å². The molecule has 0 aliphatic carbocycles. The number of aliphatic imine (C=N–C) groups is 1. The summed E-state index contributed by atoms with van der Waals surface area (Å²) in [5.41, 5.74) is 5.68. The van der Waals surface area contributed by atoms with Crippen LogP contribution in [0.1, 0.15) is 47.0 Å². The van der Waals surface area contributed by atoms with Crippen LogP contribution < -0.4 is 5.73 Å². The summed E-state index contributed by atoms with van der Waals surface area (Å²) in [6, 6.07) is 0. The third-order valence-corrected chi connectivity index (χ3v) is 1.67. The Morgan fingerprint density at radius 1 is 1.36 bits per heavy atom. The number of nitrogens with zero attached hydrogens (tertiary/aromatic N) is 1. The van der Waals surface area contributed by atoms with Crippen molar-refractivity contribution in [2.45, 2.75) is 52.5 Å². The lowest BCUT2D eigenvalue weighted by molar-refractivity contribution is 0.472. The summed E-state index contributed by atoms with van der Waals surface area (Å²) in [4.78, 5) is 4.41. The molecule has 0 aromatic heterocycles. The SMILES string of the molecule is CCCC(C)(C)N=C(N)CC. The van der Waals surface area contributed by atoms with Gasteiger partial charge in [-0.3, -0.25) is 4.99 Å². The molecule has 11 heavy (non-hydrogen) atoms. The van der Waals surface area contributed by atoms with E-state index < -0.39 is 0 Å². The van der Waals surface area contributed by atoms with Gasteiger partial charge in [0.2, 0.25) is 0 Å². The molecule has 2 heteroatoms. The monoisotopic (exact) mass is 156 g/mol. The summed E-state index contributed by atoms with van der Waals surface area (Å²) in [5, 5.41) is 0. The highest BCUT2D eigenvalue weighted by Gasteiger charge is 2.14. The third-order valence-electron chi connectivity index (χ3n) is 1.67. The van der Waals surface area contributed by atoms with E-state index in [1.54, 1.807) is 0 Å². The van der Waals surface area contributed by atoms with Crippen molar-refractivity contribution in [2.75, 3.05) is 0 Å². The van der Waals surface area contributed by atoms with Crippen LogP contribution in [0.25, 0.3) is 0 Å². The van der Waals surface area contributed by atoms with Gasteiger partial charge >= 0.3 is 0 Å². The fourth-order valence-corrected chi connectivity index (χ4v) is 1.14. The molecular weight excluding hydrogens is 136 g/mol. The summed E-state index contributed by atoms with van der Waals surface area (Å²) in [7, 11) is 0. The number of rotatable bonds is 4. The van der Waals surface area contributed by atoms with Crippen molar-refractivity contribution >= 4 is 5.84 Å². The van der Waals surface area contributed by atoms with Crippen molar-refractivity contribution in [3.63, 3.8) is 0 Å². The van der Waals surface area contributed by atoms with Crippen LogP contribution in [0.2, 0.25) is 0 Å². The summed E-state index contributed by atoms with van der Waals surface area (Å²) < 4.78 is 0. The molecule has 0 aromatic carbocycles. The first kappa shape index (κ1) is 10.5. The zero-order chi connectivity index (χ0) is 8.91. The number of hydrogen-bond acceptors (Lipinski definition) is 1. The Kier molecular flexibility index (Phi) is 4.16. The standard InChI is InChI=1S/C9H20N2/c1-5-7-9(3,4)11-8(10)6-2/h5-7H2,1-4H3,(H2,10,11). The molecule has 0 aliphatic heterocycles. The third kappa shape index (κ3) is 4.82. The minimum atomic E-state index is 0.0366. The average Bonchev–Trinajstić information content (AvgIpc) is 1.86. The fraction of sp³-hybridized carbons (Fsp3) is 0.889. The highest BCUT2D eigenvalue weighted by atomic mass is 14.9. The van der Waals surface area contributed by atoms with E-state index in [1.807, 2.05) is 6.92 Å². The van der Waals surface area contributed by atoms with Crippen LogP contribution in [0, 0.1) is 0 Å². The summed E-state index contributed by atoms with van der Waals surface area (Å²) in [6.07, 6.45) is 3.12. The quantitative estimate of drug-likeness (QED) is 0.492. The molecule has 0 spiro atoms. The second-order valence-electron chi connectivity index (χ2n) is 3.52. The second kappa shape index (κ2) is 4.37. The molecule has 66 valence electrons. The topological polar surface area (TPSA) is 38.4 Å². The van der Waals surface area contributed by atoms with Crippen molar-refractivity contribution in [3.8, 4) is 0 Å². The predicted octanol–water partition coefficient (Wildman–Crippen LogP) is 2.33. The molecule has 0 aromatic rings. The average molecular weight is 156 g/mol. The van der Waals surface area contributed by atoms with Crippen molar-refractivity contribution in [1.82, 2.24) is 0 Å². The normalized spacial score (nSPS) is 13.6. The Labute approximate surface area is 69.9 Å². The summed E-state index contributed by atoms with van der Waals surface area (Å²) in [5.74, 6) is 0.767. The predicted molar refractivity (Wildman–Crippen MR) is 50.9 cm³/mol. The molecule has 0 saturated carbocycles. The van der Waals surface area contributed by atoms with Gasteiger partial charge in [0.25, 0.3) is 0 Å². The maximum absolute atomic E-state index is 5.64. The first-order valence-electron chi connectivity index (χ1n) is 4.36. The second-order valence-corrected chi connectivity index (χ2v) is 3.52. The molecular formula is C9H20N2. The van der Waals surface area contributed by atoms with Crippen LogP contribution in [-0.4, -0.2) is 11.4 Å². The van der Waals surface area contributed by atoms with E-state index >= 15 is 0 Å². The number of amidine groups is 1. The number of nitrogens with two attached hydrogens (primary N) is 1. The summed E-state index contributed by atoms with van der Waals surface area (Å²) in [6.45, 7) is 8.44. The summed E-state index contributed by atoms with van der Waals surface area (Å²) >= 11 is 0. The van der Waals surface area contributed by atoms with Crippen LogP contribution in [0.5, 0.6) is 0 Å². The zero-order valence-electron chi connectivity index (χ0n) is 8.15. The highest BCUT2D eigenvalue weighted by Crippen LogP contribution is 2.16. The molecule has 0 rings (SSSR count). The first-order chi connectivity index (χ1) is 5.02. The molecule has 0 saturated heterocycles. The Morgan fingerprint density at radius 2 is 1.91 bits per heavy atom. The van der Waals surface area contributed by atoms with E-state index in [2.05, 4.69) is 25.8 Å². The van der Waals surface area contributed by atoms with Gasteiger partial charge in [0, 0.05) is 6.42 Å². The maximum atomic E-state index is 5.64. The maximum Gasteiger partial charge on any atom is 0.0940 e. The van der Waals surface area contributed by atoms with Gasteiger partial charge in [-0.1, -0.05) is 20.3 Å². The molecule has 0 fully saturated rings. The van der Waals surface area contributed by atoms with Gasteiger partial charge in [-0.2, -0.15) is 0 Å². The van der Waals surface area contributed by atoms with Gasteiger partial charge < -0.3 is 5.73 Å². The molecule has 2 nitrogen and oxygen atoms in total. The Bertz CT molecular complexity index is 136. The Balaban J connectivity index is 4.08. The van der Waals surface area contributed by atoms with Gasteiger partial charge in [-0.15, -0.1) is 0 Å². The molecule has 0 amide bonds. The highest BCUT2D eigenvalue weighted by molar-refractivity contribution is 5.80. The smallest absolute Gasteiger partial charge is 0.0940 e. The van der Waals surface area contributed by atoms with E-state index in [1.165, 1.54) is 0 Å². The van der Waals surface area contributed by atoms with E-state index in [0.29, 0.717) is 0 Å². The molecule has 2 N–H and O–H groups in total. The van der Waals surface area contributed by atoms with Crippen LogP contribution in [0.15, 0.2) is 4.99 Å². The lowest BCUT2D eigenvalue weighted by Gasteiger charge is -2.19. The van der Waals surface area contributed by atoms with Crippen molar-refractivity contribution in [2.24, 2.45) is 10.7 Å². The van der Waals surface area contributed by atoms with Gasteiger partial charge in [0.15, 0.2) is 0 Å². The lowest BCUT2D eigenvalue weighted by Crippen LogP contribution is -2.22. The molecule has 0 radical (unpaired) electrons. The Hall–Kier alpha value is -0.530. The molecule has 0 unspecified atom stereocenters. The van der Waals surface area contributed by atoms with Crippen LogP contribution in [0.3, 0.4) is 0 Å².